The van der Waals surface area contributed by atoms with Crippen LogP contribution < -0.4 is 5.32 Å². The number of thioether (sulfide) groups is 1. The van der Waals surface area contributed by atoms with Crippen LogP contribution in [0, 0.1) is 23.7 Å². The Morgan fingerprint density at radius 2 is 1.95 bits per heavy atom. The minimum absolute atomic E-state index is 0.0507. The number of amides is 1. The van der Waals surface area contributed by atoms with Crippen LogP contribution >= 0.6 is 11.8 Å². The van der Waals surface area contributed by atoms with E-state index < -0.39 is 11.9 Å². The zero-order chi connectivity index (χ0) is 13.8. The van der Waals surface area contributed by atoms with Gasteiger partial charge in [0.1, 0.15) is 0 Å². The minimum Gasteiger partial charge on any atom is -0.481 e. The molecule has 2 aliphatic rings. The zero-order valence-corrected chi connectivity index (χ0v) is 12.0. The second-order valence-electron chi connectivity index (χ2n) is 5.33. The predicted molar refractivity (Wildman–Crippen MR) is 76.0 cm³/mol. The van der Waals surface area contributed by atoms with E-state index in [1.807, 2.05) is 12.2 Å². The van der Waals surface area contributed by atoms with E-state index in [0.717, 1.165) is 25.0 Å². The summed E-state index contributed by atoms with van der Waals surface area (Å²) in [5.41, 5.74) is 0. The number of carbonyl (C=O) groups excluding carboxylic acids is 1. The molecule has 106 valence electrons. The average molecular weight is 283 g/mol. The molecular formula is C14H21NO3S. The number of hydrogen-bond donors (Lipinski definition) is 2. The van der Waals surface area contributed by atoms with Gasteiger partial charge in [0, 0.05) is 6.54 Å². The number of allylic oxidation sites excluding steroid dienone is 2. The maximum Gasteiger partial charge on any atom is 0.307 e. The highest BCUT2D eigenvalue weighted by atomic mass is 32.2. The van der Waals surface area contributed by atoms with Crippen LogP contribution in [0.2, 0.25) is 0 Å². The Balaban J connectivity index is 1.84. The number of carboxylic acid groups (broad SMARTS) is 1. The van der Waals surface area contributed by atoms with Gasteiger partial charge >= 0.3 is 5.97 Å². The quantitative estimate of drug-likeness (QED) is 0.552. The van der Waals surface area contributed by atoms with Crippen molar-refractivity contribution in [3.8, 4) is 0 Å². The first-order valence-electron chi connectivity index (χ1n) is 6.83. The Labute approximate surface area is 118 Å². The molecule has 4 atom stereocenters. The predicted octanol–water partition coefficient (Wildman–Crippen LogP) is 1.77. The molecule has 0 heterocycles. The number of fused-ring (bicyclic) bond motifs is 2. The highest BCUT2D eigenvalue weighted by Gasteiger charge is 2.51. The van der Waals surface area contributed by atoms with Crippen LogP contribution in [-0.4, -0.2) is 35.5 Å². The van der Waals surface area contributed by atoms with Crippen LogP contribution in [-0.2, 0) is 9.59 Å². The van der Waals surface area contributed by atoms with Crippen molar-refractivity contribution in [1.29, 1.82) is 0 Å². The molecule has 4 nitrogen and oxygen atoms in total. The zero-order valence-electron chi connectivity index (χ0n) is 11.2. The number of rotatable bonds is 7. The summed E-state index contributed by atoms with van der Waals surface area (Å²) in [5.74, 6) is -0.529. The van der Waals surface area contributed by atoms with Gasteiger partial charge in [0.15, 0.2) is 0 Å². The van der Waals surface area contributed by atoms with Crippen molar-refractivity contribution >= 4 is 23.6 Å². The highest BCUT2D eigenvalue weighted by Crippen LogP contribution is 2.48. The van der Waals surface area contributed by atoms with Crippen LogP contribution in [0.1, 0.15) is 19.3 Å². The third-order valence-electron chi connectivity index (χ3n) is 4.12. The monoisotopic (exact) mass is 283 g/mol. The van der Waals surface area contributed by atoms with Gasteiger partial charge in [-0.1, -0.05) is 12.2 Å². The smallest absolute Gasteiger partial charge is 0.307 e. The molecule has 0 radical (unpaired) electrons. The van der Waals surface area contributed by atoms with E-state index in [1.54, 1.807) is 11.8 Å². The Morgan fingerprint density at radius 3 is 2.58 bits per heavy atom. The molecule has 0 aliphatic heterocycles. The van der Waals surface area contributed by atoms with E-state index in [9.17, 15) is 14.7 Å². The van der Waals surface area contributed by atoms with Gasteiger partial charge in [-0.15, -0.1) is 0 Å². The lowest BCUT2D eigenvalue weighted by Gasteiger charge is -2.23. The minimum atomic E-state index is -0.834. The van der Waals surface area contributed by atoms with Gasteiger partial charge in [0.25, 0.3) is 0 Å². The van der Waals surface area contributed by atoms with E-state index in [-0.39, 0.29) is 23.7 Å². The highest BCUT2D eigenvalue weighted by molar-refractivity contribution is 7.98. The van der Waals surface area contributed by atoms with Gasteiger partial charge in [-0.05, 0) is 43.1 Å². The van der Waals surface area contributed by atoms with E-state index >= 15 is 0 Å². The van der Waals surface area contributed by atoms with E-state index in [2.05, 4.69) is 11.6 Å². The lowest BCUT2D eigenvalue weighted by atomic mass is 9.82. The van der Waals surface area contributed by atoms with Crippen LogP contribution in [0.3, 0.4) is 0 Å². The standard InChI is InChI=1S/C14H21NO3S/c1-19-7-3-2-6-15-13(16)11-9-4-5-10(8-9)12(11)14(17)18/h4-5,9-12H,2-3,6-8H2,1H3,(H,15,16)(H,17,18)/t9?,10?,11-,12+/m0/s1. The maximum absolute atomic E-state index is 12.2. The lowest BCUT2D eigenvalue weighted by Crippen LogP contribution is -2.40. The SMILES string of the molecule is CSCCCCNC(=O)[C@H]1C2C=CC(C2)[C@H]1C(=O)O. The Kier molecular flexibility index (Phi) is 4.91. The number of aliphatic carboxylic acids is 1. The Bertz CT molecular complexity index is 383. The molecule has 2 bridgehead atoms. The summed E-state index contributed by atoms with van der Waals surface area (Å²) in [7, 11) is 0. The summed E-state index contributed by atoms with van der Waals surface area (Å²) >= 11 is 1.80. The molecule has 5 heteroatoms. The molecule has 2 rings (SSSR count). The van der Waals surface area contributed by atoms with E-state index in [1.165, 1.54) is 0 Å². The fourth-order valence-electron chi connectivity index (χ4n) is 3.22. The molecule has 1 fully saturated rings. The molecule has 1 saturated carbocycles. The number of hydrogen-bond acceptors (Lipinski definition) is 3. The van der Waals surface area contributed by atoms with Crippen molar-refractivity contribution in [1.82, 2.24) is 5.32 Å². The van der Waals surface area contributed by atoms with Crippen LogP contribution in [0.25, 0.3) is 0 Å². The molecule has 2 aliphatic carbocycles. The van der Waals surface area contributed by atoms with Crippen LogP contribution in [0.15, 0.2) is 12.2 Å². The van der Waals surface area contributed by atoms with Crippen LogP contribution in [0.4, 0.5) is 0 Å². The molecular weight excluding hydrogens is 262 g/mol. The van der Waals surface area contributed by atoms with Crippen molar-refractivity contribution < 1.29 is 14.7 Å². The lowest BCUT2D eigenvalue weighted by molar-refractivity contribution is -0.147. The summed E-state index contributed by atoms with van der Waals surface area (Å²) in [6.45, 7) is 0.656. The molecule has 0 saturated heterocycles. The van der Waals surface area contributed by atoms with Crippen molar-refractivity contribution in [3.05, 3.63) is 12.2 Å². The molecule has 2 unspecified atom stereocenters. The second kappa shape index (κ2) is 6.46. The molecule has 0 aromatic heterocycles. The van der Waals surface area contributed by atoms with Gasteiger partial charge < -0.3 is 10.4 Å². The molecule has 2 N–H and O–H groups in total. The first-order valence-corrected chi connectivity index (χ1v) is 8.22. The Morgan fingerprint density at radius 1 is 1.26 bits per heavy atom. The molecule has 0 aromatic carbocycles. The van der Waals surface area contributed by atoms with Gasteiger partial charge in [-0.3, -0.25) is 9.59 Å². The van der Waals surface area contributed by atoms with Crippen LogP contribution in [0.5, 0.6) is 0 Å². The second-order valence-corrected chi connectivity index (χ2v) is 6.31. The van der Waals surface area contributed by atoms with E-state index in [4.69, 9.17) is 0 Å². The number of nitrogens with one attached hydrogen (secondary N) is 1. The first-order chi connectivity index (χ1) is 9.15. The fourth-order valence-corrected chi connectivity index (χ4v) is 3.71. The van der Waals surface area contributed by atoms with Gasteiger partial charge in [0.05, 0.1) is 11.8 Å². The summed E-state index contributed by atoms with van der Waals surface area (Å²) in [5, 5.41) is 12.2. The molecule has 1 amide bonds. The molecule has 0 aromatic rings. The van der Waals surface area contributed by atoms with Gasteiger partial charge in [0.2, 0.25) is 5.91 Å². The Hall–Kier alpha value is -0.970. The van der Waals surface area contributed by atoms with Crippen molar-refractivity contribution in [2.75, 3.05) is 18.6 Å². The normalized spacial score (nSPS) is 31.6. The molecule has 0 spiro atoms. The van der Waals surface area contributed by atoms with E-state index in [0.29, 0.717) is 6.54 Å². The van der Waals surface area contributed by atoms with Crippen molar-refractivity contribution in [2.45, 2.75) is 19.3 Å². The summed E-state index contributed by atoms with van der Waals surface area (Å²) in [4.78, 5) is 23.5. The largest absolute Gasteiger partial charge is 0.481 e. The molecule has 19 heavy (non-hydrogen) atoms. The maximum atomic E-state index is 12.2. The average Bonchev–Trinajstić information content (AvgIpc) is 2.98. The summed E-state index contributed by atoms with van der Waals surface area (Å²) < 4.78 is 0. The van der Waals surface area contributed by atoms with Crippen molar-refractivity contribution in [3.63, 3.8) is 0 Å². The third-order valence-corrected chi connectivity index (χ3v) is 4.82. The number of carboxylic acids is 1. The van der Waals surface area contributed by atoms with Gasteiger partial charge in [-0.25, -0.2) is 0 Å². The number of unbranched alkanes of at least 4 members (excludes halogenated alkanes) is 1. The first kappa shape index (κ1) is 14.4. The summed E-state index contributed by atoms with van der Waals surface area (Å²) in [6, 6.07) is 0. The van der Waals surface area contributed by atoms with Gasteiger partial charge in [-0.2, -0.15) is 11.8 Å². The van der Waals surface area contributed by atoms with Crippen molar-refractivity contribution in [2.24, 2.45) is 23.7 Å². The topological polar surface area (TPSA) is 66.4 Å². The number of carbonyl (C=O) groups is 2. The third kappa shape index (κ3) is 3.14. The fraction of sp³-hybridized carbons (Fsp3) is 0.714. The summed E-state index contributed by atoms with van der Waals surface area (Å²) in [6.07, 6.45) is 8.91.